The van der Waals surface area contributed by atoms with E-state index >= 15 is 0 Å². The van der Waals surface area contributed by atoms with Gasteiger partial charge in [0.2, 0.25) is 6.41 Å². The first-order chi connectivity index (χ1) is 19.9. The molecule has 0 aliphatic heterocycles. The van der Waals surface area contributed by atoms with Gasteiger partial charge < -0.3 is 14.6 Å². The topological polar surface area (TPSA) is 93.6 Å². The first-order valence-corrected chi connectivity index (χ1v) is 14.2. The second kappa shape index (κ2) is 13.4. The minimum absolute atomic E-state index is 0.101. The lowest BCUT2D eigenvalue weighted by molar-refractivity contribution is -0.168. The molecule has 1 heterocycles. The summed E-state index contributed by atoms with van der Waals surface area (Å²) in [6, 6.07) is 24.9. The lowest BCUT2D eigenvalue weighted by atomic mass is 9.86. The van der Waals surface area contributed by atoms with Gasteiger partial charge in [-0.25, -0.2) is 9.97 Å². The van der Waals surface area contributed by atoms with Gasteiger partial charge >= 0.3 is 5.97 Å². The third-order valence-electron chi connectivity index (χ3n) is 6.67. The summed E-state index contributed by atoms with van der Waals surface area (Å²) in [6.07, 6.45) is 2.62. The van der Waals surface area contributed by atoms with Gasteiger partial charge in [-0.05, 0) is 54.9 Å². The third-order valence-corrected chi connectivity index (χ3v) is 6.67. The number of hydrogen-bond donors (Lipinski definition) is 2. The van der Waals surface area contributed by atoms with Gasteiger partial charge in [0.05, 0.1) is 6.61 Å². The molecule has 0 spiro atoms. The number of carbonyl (C=O) groups is 1. The maximum atomic E-state index is 13.0. The summed E-state index contributed by atoms with van der Waals surface area (Å²) in [5, 5.41) is 13.4. The summed E-state index contributed by atoms with van der Waals surface area (Å²) in [6.45, 7) is 12.2. The van der Waals surface area contributed by atoms with Crippen molar-refractivity contribution in [1.29, 1.82) is 0 Å². The van der Waals surface area contributed by atoms with Crippen molar-refractivity contribution in [3.05, 3.63) is 108 Å². The molecule has 2 N–H and O–H groups in total. The second-order valence-corrected chi connectivity index (χ2v) is 12.4. The van der Waals surface area contributed by atoms with E-state index in [0.717, 1.165) is 27.8 Å². The average Bonchev–Trinajstić information content (AvgIpc) is 2.95. The monoisotopic (exact) mass is 567 g/mol. The van der Waals surface area contributed by atoms with Crippen LogP contribution in [0.3, 0.4) is 0 Å². The summed E-state index contributed by atoms with van der Waals surface area (Å²) in [4.78, 5) is 22.2. The van der Waals surface area contributed by atoms with Crippen LogP contribution in [0.2, 0.25) is 0 Å². The Morgan fingerprint density at radius 1 is 0.786 bits per heavy atom. The molecule has 2 atom stereocenters. The maximum absolute atomic E-state index is 13.0. The van der Waals surface area contributed by atoms with Crippen molar-refractivity contribution in [1.82, 2.24) is 15.3 Å². The van der Waals surface area contributed by atoms with Gasteiger partial charge in [0.25, 0.3) is 0 Å². The number of ether oxygens (including phenoxy) is 2. The van der Waals surface area contributed by atoms with E-state index < -0.39 is 24.0 Å². The first kappa shape index (κ1) is 31.0. The number of aromatic nitrogens is 2. The van der Waals surface area contributed by atoms with Crippen molar-refractivity contribution < 1.29 is 19.4 Å². The Bertz CT molecular complexity index is 1420. The number of nitrogens with zero attached hydrogens (tertiary/aromatic N) is 2. The zero-order valence-electron chi connectivity index (χ0n) is 25.3. The number of aliphatic hydroxyl groups excluding tert-OH is 1. The number of hydrogen-bond acceptors (Lipinski definition) is 7. The van der Waals surface area contributed by atoms with Gasteiger partial charge in [-0.3, -0.25) is 10.1 Å². The van der Waals surface area contributed by atoms with Gasteiger partial charge in [-0.1, -0.05) is 99.6 Å². The number of rotatable bonds is 10. The van der Waals surface area contributed by atoms with Crippen molar-refractivity contribution in [2.75, 3.05) is 0 Å². The van der Waals surface area contributed by atoms with Crippen molar-refractivity contribution in [3.63, 3.8) is 0 Å². The van der Waals surface area contributed by atoms with E-state index in [4.69, 9.17) is 9.47 Å². The molecule has 0 aliphatic carbocycles. The van der Waals surface area contributed by atoms with E-state index in [9.17, 15) is 9.90 Å². The summed E-state index contributed by atoms with van der Waals surface area (Å²) < 4.78 is 11.1. The molecule has 4 aromatic rings. The summed E-state index contributed by atoms with van der Waals surface area (Å²) in [7, 11) is 0. The van der Waals surface area contributed by atoms with Crippen LogP contribution in [-0.4, -0.2) is 39.1 Å². The Kier molecular flexibility index (Phi) is 9.89. The SMILES string of the molecule is CC(C)(C)OC(=O)[C@H](Cc1ccc(-c2ncc(-c3ccc(C(C)(C)C)cc3)cn2)cc1)NC(O)OCc1ccccc1. The highest BCUT2D eigenvalue weighted by Crippen LogP contribution is 2.26. The zero-order valence-corrected chi connectivity index (χ0v) is 25.3. The molecule has 1 aromatic heterocycles. The average molecular weight is 568 g/mol. The number of nitrogens with one attached hydrogen (secondary N) is 1. The minimum Gasteiger partial charge on any atom is -0.459 e. The molecule has 0 fully saturated rings. The Morgan fingerprint density at radius 2 is 1.38 bits per heavy atom. The molecule has 0 aliphatic rings. The van der Waals surface area contributed by atoms with Crippen molar-refractivity contribution in [2.24, 2.45) is 0 Å². The smallest absolute Gasteiger partial charge is 0.324 e. The Labute approximate surface area is 249 Å². The fourth-order valence-corrected chi connectivity index (χ4v) is 4.37. The van der Waals surface area contributed by atoms with E-state index in [-0.39, 0.29) is 12.0 Å². The summed E-state index contributed by atoms with van der Waals surface area (Å²) in [5.74, 6) is 0.145. The number of benzene rings is 3. The molecule has 3 aromatic carbocycles. The Morgan fingerprint density at radius 3 is 1.95 bits per heavy atom. The van der Waals surface area contributed by atoms with E-state index in [2.05, 4.69) is 60.3 Å². The van der Waals surface area contributed by atoms with E-state index in [0.29, 0.717) is 12.2 Å². The van der Waals surface area contributed by atoms with Crippen LogP contribution in [0, 0.1) is 0 Å². The minimum atomic E-state index is -1.35. The van der Waals surface area contributed by atoms with Crippen LogP contribution in [0.5, 0.6) is 0 Å². The lowest BCUT2D eigenvalue weighted by Crippen LogP contribution is -2.48. The molecule has 0 bridgehead atoms. The molecule has 4 rings (SSSR count). The van der Waals surface area contributed by atoms with Crippen LogP contribution < -0.4 is 5.32 Å². The normalized spacial score (nSPS) is 13.4. The molecular weight excluding hydrogens is 526 g/mol. The quantitative estimate of drug-likeness (QED) is 0.168. The lowest BCUT2D eigenvalue weighted by Gasteiger charge is -2.26. The molecule has 0 saturated carbocycles. The van der Waals surface area contributed by atoms with Gasteiger partial charge in [0.15, 0.2) is 5.82 Å². The second-order valence-electron chi connectivity index (χ2n) is 12.4. The predicted octanol–water partition coefficient (Wildman–Crippen LogP) is 6.44. The van der Waals surface area contributed by atoms with Crippen molar-refractivity contribution in [2.45, 2.75) is 78.0 Å². The van der Waals surface area contributed by atoms with Crippen LogP contribution in [-0.2, 0) is 32.7 Å². The van der Waals surface area contributed by atoms with Gasteiger partial charge in [-0.2, -0.15) is 0 Å². The number of aliphatic hydroxyl groups is 1. The molecule has 7 heteroatoms. The fourth-order valence-electron chi connectivity index (χ4n) is 4.37. The highest BCUT2D eigenvalue weighted by Gasteiger charge is 2.27. The van der Waals surface area contributed by atoms with Crippen molar-refractivity contribution >= 4 is 5.97 Å². The van der Waals surface area contributed by atoms with E-state index in [1.54, 1.807) is 0 Å². The maximum Gasteiger partial charge on any atom is 0.324 e. The van der Waals surface area contributed by atoms with E-state index in [1.807, 2.05) is 87.8 Å². The molecule has 220 valence electrons. The zero-order chi connectivity index (χ0) is 30.3. The number of esters is 1. The van der Waals surface area contributed by atoms with Crippen LogP contribution in [0.4, 0.5) is 0 Å². The summed E-state index contributed by atoms with van der Waals surface area (Å²) in [5.41, 5.74) is 5.39. The summed E-state index contributed by atoms with van der Waals surface area (Å²) >= 11 is 0. The fraction of sp³-hybridized carbons (Fsp3) is 0.343. The first-order valence-electron chi connectivity index (χ1n) is 14.2. The molecule has 1 unspecified atom stereocenters. The Balaban J connectivity index is 1.42. The van der Waals surface area contributed by atoms with Crippen LogP contribution in [0.15, 0.2) is 91.3 Å². The van der Waals surface area contributed by atoms with Gasteiger partial charge in [0.1, 0.15) is 11.6 Å². The molecule has 7 nitrogen and oxygen atoms in total. The molecule has 0 radical (unpaired) electrons. The number of carbonyl (C=O) groups excluding carboxylic acids is 1. The molecule has 0 amide bonds. The largest absolute Gasteiger partial charge is 0.459 e. The van der Waals surface area contributed by atoms with Crippen molar-refractivity contribution in [3.8, 4) is 22.5 Å². The molecule has 42 heavy (non-hydrogen) atoms. The van der Waals surface area contributed by atoms with Crippen LogP contribution in [0.25, 0.3) is 22.5 Å². The van der Waals surface area contributed by atoms with Gasteiger partial charge in [0, 0.05) is 23.5 Å². The van der Waals surface area contributed by atoms with Crippen LogP contribution >= 0.6 is 0 Å². The third kappa shape index (κ3) is 9.05. The highest BCUT2D eigenvalue weighted by molar-refractivity contribution is 5.76. The molecular formula is C35H41N3O4. The van der Waals surface area contributed by atoms with E-state index in [1.165, 1.54) is 5.56 Å². The van der Waals surface area contributed by atoms with Gasteiger partial charge in [-0.15, -0.1) is 0 Å². The molecule has 0 saturated heterocycles. The standard InChI is InChI=1S/C35H41N3O4/c1-34(2,3)29-18-16-26(17-19-29)28-21-36-31(37-22-28)27-14-12-24(13-15-27)20-30(32(39)42-35(4,5)6)38-33(40)41-23-25-10-8-7-9-11-25/h7-19,21-22,30,33,38,40H,20,23H2,1-6H3/t30-,33?/m0/s1. The Hall–Kier alpha value is -3.91. The predicted molar refractivity (Wildman–Crippen MR) is 165 cm³/mol. The highest BCUT2D eigenvalue weighted by atomic mass is 16.6. The van der Waals surface area contributed by atoms with Crippen LogP contribution in [0.1, 0.15) is 58.2 Å².